The summed E-state index contributed by atoms with van der Waals surface area (Å²) in [5.41, 5.74) is 7.97. The molecule has 0 aromatic carbocycles. The lowest BCUT2D eigenvalue weighted by atomic mass is 10.1. The van der Waals surface area contributed by atoms with Crippen LogP contribution in [0.25, 0.3) is 22.7 Å². The molecule has 3 aromatic rings. The van der Waals surface area contributed by atoms with Gasteiger partial charge in [0, 0.05) is 11.8 Å². The number of anilines is 1. The predicted octanol–water partition coefficient (Wildman–Crippen LogP) is 2.19. The molecule has 3 N–H and O–H groups in total. The van der Waals surface area contributed by atoms with Gasteiger partial charge in [0.05, 0.1) is 18.3 Å². The smallest absolute Gasteiger partial charge is 0.152 e. The summed E-state index contributed by atoms with van der Waals surface area (Å²) in [6, 6.07) is 7.34. The van der Waals surface area contributed by atoms with Crippen LogP contribution in [0.5, 0.6) is 0 Å². The molecule has 92 valence electrons. The Morgan fingerprint density at radius 2 is 2.26 bits per heavy atom. The number of nitrogens with two attached hydrogens (primary N) is 1. The minimum absolute atomic E-state index is 0.161. The van der Waals surface area contributed by atoms with Gasteiger partial charge in [-0.05, 0) is 18.2 Å². The summed E-state index contributed by atoms with van der Waals surface area (Å²) in [5, 5.41) is 9.19. The Kier molecular flexibility index (Phi) is 2.50. The molecular weight excluding hydrogens is 242 g/mol. The summed E-state index contributed by atoms with van der Waals surface area (Å²) in [7, 11) is 0. The number of aromatic amines is 1. The van der Waals surface area contributed by atoms with Crippen molar-refractivity contribution < 1.29 is 4.42 Å². The van der Waals surface area contributed by atoms with Crippen LogP contribution < -0.4 is 5.73 Å². The number of furan rings is 1. The molecule has 0 aliphatic rings. The fourth-order valence-electron chi connectivity index (χ4n) is 1.84. The molecule has 0 aliphatic heterocycles. The maximum atomic E-state index is 9.19. The summed E-state index contributed by atoms with van der Waals surface area (Å²) >= 11 is 0. The summed E-state index contributed by atoms with van der Waals surface area (Å²) in [5.74, 6) is 0.752. The number of nitriles is 1. The normalized spacial score (nSPS) is 10.3. The van der Waals surface area contributed by atoms with Crippen molar-refractivity contribution in [2.75, 3.05) is 5.73 Å². The van der Waals surface area contributed by atoms with E-state index in [1.54, 1.807) is 37.0 Å². The van der Waals surface area contributed by atoms with Gasteiger partial charge in [-0.3, -0.25) is 0 Å². The van der Waals surface area contributed by atoms with Gasteiger partial charge >= 0.3 is 0 Å². The Morgan fingerprint density at radius 1 is 1.37 bits per heavy atom. The van der Waals surface area contributed by atoms with Crippen LogP contribution in [-0.2, 0) is 0 Å². The van der Waals surface area contributed by atoms with Crippen molar-refractivity contribution in [1.29, 1.82) is 5.26 Å². The molecule has 0 unspecified atom stereocenters. The van der Waals surface area contributed by atoms with Crippen LogP contribution in [0.15, 0.2) is 41.4 Å². The lowest BCUT2D eigenvalue weighted by Crippen LogP contribution is -1.99. The molecule has 0 spiro atoms. The van der Waals surface area contributed by atoms with Crippen molar-refractivity contribution in [3.63, 3.8) is 0 Å². The van der Waals surface area contributed by atoms with E-state index in [0.29, 0.717) is 28.3 Å². The highest BCUT2D eigenvalue weighted by Crippen LogP contribution is 2.29. The Hall–Kier alpha value is -3.07. The number of nitrogens with one attached hydrogen (secondary N) is 1. The fourth-order valence-corrected chi connectivity index (χ4v) is 1.84. The van der Waals surface area contributed by atoms with Gasteiger partial charge in [0.2, 0.25) is 0 Å². The Morgan fingerprint density at radius 3 is 2.89 bits per heavy atom. The first kappa shape index (κ1) is 11.0. The molecule has 3 heterocycles. The third-order valence-corrected chi connectivity index (χ3v) is 2.71. The molecule has 0 bridgehead atoms. The van der Waals surface area contributed by atoms with Crippen LogP contribution in [0.2, 0.25) is 0 Å². The van der Waals surface area contributed by atoms with Gasteiger partial charge in [0.25, 0.3) is 0 Å². The molecule has 0 amide bonds. The second-order valence-corrected chi connectivity index (χ2v) is 3.86. The molecule has 6 nitrogen and oxygen atoms in total. The average molecular weight is 251 g/mol. The second-order valence-electron chi connectivity index (χ2n) is 3.86. The molecule has 0 atom stereocenters. The van der Waals surface area contributed by atoms with Crippen molar-refractivity contribution in [2.45, 2.75) is 0 Å². The van der Waals surface area contributed by atoms with Crippen LogP contribution in [0.3, 0.4) is 0 Å². The van der Waals surface area contributed by atoms with Gasteiger partial charge in [-0.2, -0.15) is 5.26 Å². The highest BCUT2D eigenvalue weighted by atomic mass is 16.3. The largest absolute Gasteiger partial charge is 0.463 e. The SMILES string of the molecule is N#Cc1c(-c2c[nH]cn2)cc(-c2ccco2)nc1N. The van der Waals surface area contributed by atoms with E-state index in [1.165, 1.54) is 0 Å². The molecule has 0 saturated carbocycles. The van der Waals surface area contributed by atoms with Crippen molar-refractivity contribution in [3.05, 3.63) is 42.5 Å². The average Bonchev–Trinajstić information content (AvgIpc) is 3.11. The Labute approximate surface area is 108 Å². The zero-order valence-corrected chi connectivity index (χ0v) is 9.79. The molecule has 0 aliphatic carbocycles. The summed E-state index contributed by atoms with van der Waals surface area (Å²) in [6.45, 7) is 0. The number of hydrogen-bond donors (Lipinski definition) is 2. The summed E-state index contributed by atoms with van der Waals surface area (Å²) in [6.07, 6.45) is 4.79. The van der Waals surface area contributed by atoms with Gasteiger partial charge in [-0.25, -0.2) is 9.97 Å². The van der Waals surface area contributed by atoms with Crippen LogP contribution in [-0.4, -0.2) is 15.0 Å². The maximum absolute atomic E-state index is 9.19. The van der Waals surface area contributed by atoms with E-state index < -0.39 is 0 Å². The first-order valence-corrected chi connectivity index (χ1v) is 5.53. The number of pyridine rings is 1. The summed E-state index contributed by atoms with van der Waals surface area (Å²) < 4.78 is 5.29. The minimum atomic E-state index is 0.161. The highest BCUT2D eigenvalue weighted by molar-refractivity contribution is 5.77. The number of rotatable bonds is 2. The van der Waals surface area contributed by atoms with E-state index in [0.717, 1.165) is 0 Å². The van der Waals surface area contributed by atoms with E-state index in [-0.39, 0.29) is 5.82 Å². The quantitative estimate of drug-likeness (QED) is 0.726. The minimum Gasteiger partial charge on any atom is -0.463 e. The maximum Gasteiger partial charge on any atom is 0.152 e. The first-order chi connectivity index (χ1) is 9.29. The molecule has 0 fully saturated rings. The Bertz CT molecular complexity index is 738. The molecule has 6 heteroatoms. The molecule has 0 saturated heterocycles. The first-order valence-electron chi connectivity index (χ1n) is 5.53. The number of H-pyrrole nitrogens is 1. The lowest BCUT2D eigenvalue weighted by Gasteiger charge is -2.06. The lowest BCUT2D eigenvalue weighted by molar-refractivity contribution is 0.580. The van der Waals surface area contributed by atoms with E-state index in [9.17, 15) is 5.26 Å². The fraction of sp³-hybridized carbons (Fsp3) is 0. The van der Waals surface area contributed by atoms with E-state index in [2.05, 4.69) is 21.0 Å². The number of imidazole rings is 1. The van der Waals surface area contributed by atoms with E-state index >= 15 is 0 Å². The van der Waals surface area contributed by atoms with Gasteiger partial charge in [0.1, 0.15) is 23.1 Å². The molecule has 3 rings (SSSR count). The third kappa shape index (κ3) is 1.83. The third-order valence-electron chi connectivity index (χ3n) is 2.71. The second kappa shape index (κ2) is 4.31. The van der Waals surface area contributed by atoms with Gasteiger partial charge < -0.3 is 15.1 Å². The van der Waals surface area contributed by atoms with Crippen molar-refractivity contribution in [1.82, 2.24) is 15.0 Å². The molecule has 3 aromatic heterocycles. The molecule has 0 radical (unpaired) electrons. The zero-order chi connectivity index (χ0) is 13.2. The van der Waals surface area contributed by atoms with Gasteiger partial charge in [-0.15, -0.1) is 0 Å². The van der Waals surface area contributed by atoms with Crippen LogP contribution >= 0.6 is 0 Å². The van der Waals surface area contributed by atoms with Crippen molar-refractivity contribution in [3.8, 4) is 28.8 Å². The van der Waals surface area contributed by atoms with E-state index in [4.69, 9.17) is 10.2 Å². The molecular formula is C13H9N5O. The number of hydrogen-bond acceptors (Lipinski definition) is 5. The predicted molar refractivity (Wildman–Crippen MR) is 68.6 cm³/mol. The van der Waals surface area contributed by atoms with Crippen LogP contribution in [0.1, 0.15) is 5.56 Å². The van der Waals surface area contributed by atoms with Crippen LogP contribution in [0, 0.1) is 11.3 Å². The number of nitrogens with zero attached hydrogens (tertiary/aromatic N) is 3. The standard InChI is InChI=1S/C13H9N5O/c14-5-9-8(11-6-16-7-17-11)4-10(18-13(9)15)12-2-1-3-19-12/h1-4,6-7H,(H2,15,18)(H,16,17). The zero-order valence-electron chi connectivity index (χ0n) is 9.79. The van der Waals surface area contributed by atoms with Crippen molar-refractivity contribution in [2.24, 2.45) is 0 Å². The Balaban J connectivity index is 2.25. The van der Waals surface area contributed by atoms with Crippen LogP contribution in [0.4, 0.5) is 5.82 Å². The topological polar surface area (TPSA) is 105 Å². The van der Waals surface area contributed by atoms with Gasteiger partial charge in [0.15, 0.2) is 5.76 Å². The number of aromatic nitrogens is 3. The van der Waals surface area contributed by atoms with Gasteiger partial charge in [-0.1, -0.05) is 0 Å². The summed E-state index contributed by atoms with van der Waals surface area (Å²) in [4.78, 5) is 11.2. The molecule has 19 heavy (non-hydrogen) atoms. The van der Waals surface area contributed by atoms with E-state index in [1.807, 2.05) is 0 Å². The van der Waals surface area contributed by atoms with Crippen molar-refractivity contribution >= 4 is 5.82 Å². The number of nitrogen functional groups attached to an aromatic ring is 1. The monoisotopic (exact) mass is 251 g/mol. The highest BCUT2D eigenvalue weighted by Gasteiger charge is 2.15.